The number of rotatable bonds is 8. The number of hydrogen-bond acceptors (Lipinski definition) is 7. The fraction of sp³-hybridized carbons (Fsp3) is 0.200. The first-order valence-corrected chi connectivity index (χ1v) is 12.2. The third-order valence-corrected chi connectivity index (χ3v) is 6.77. The fourth-order valence-electron chi connectivity index (χ4n) is 3.67. The molecule has 0 atom stereocenters. The van der Waals surface area contributed by atoms with Crippen molar-refractivity contribution in [3.8, 4) is 11.5 Å². The number of likely N-dealkylation sites (N-methyl/N-ethyl adjacent to an activating group) is 1. The van der Waals surface area contributed by atoms with Crippen LogP contribution < -0.4 is 44.0 Å². The van der Waals surface area contributed by atoms with Crippen molar-refractivity contribution >= 4 is 27.8 Å². The van der Waals surface area contributed by atoms with Crippen LogP contribution >= 0.6 is 0 Å². The van der Waals surface area contributed by atoms with Gasteiger partial charge in [0.25, 0.3) is 0 Å². The molecule has 0 saturated heterocycles. The van der Waals surface area contributed by atoms with Crippen LogP contribution in [-0.4, -0.2) is 40.7 Å². The zero-order valence-electron chi connectivity index (χ0n) is 19.8. The molecule has 176 valence electrons. The molecule has 8 nitrogen and oxygen atoms in total. The van der Waals surface area contributed by atoms with Crippen molar-refractivity contribution in [2.75, 3.05) is 25.1 Å². The van der Waals surface area contributed by atoms with Crippen LogP contribution in [-0.2, 0) is 16.4 Å². The summed E-state index contributed by atoms with van der Waals surface area (Å²) < 4.78 is 33.2. The van der Waals surface area contributed by atoms with Crippen molar-refractivity contribution in [1.82, 2.24) is 0 Å². The van der Waals surface area contributed by atoms with Gasteiger partial charge in [-0.25, -0.2) is 8.42 Å². The Balaban J connectivity index is 0.00000342. The number of hydrogen-bond donors (Lipinski definition) is 0. The van der Waals surface area contributed by atoms with Crippen LogP contribution in [0.5, 0.6) is 11.5 Å². The number of carbonyl (C=O) groups excluding carboxylic acids is 1. The fourth-order valence-corrected chi connectivity index (χ4v) is 4.58. The number of fused-ring (bicyclic) bond motifs is 1. The van der Waals surface area contributed by atoms with Crippen LogP contribution in [0.2, 0.25) is 0 Å². The molecule has 0 saturated carbocycles. The topological polar surface area (TPSA) is 99.4 Å². The summed E-state index contributed by atoms with van der Waals surface area (Å²) in [6.07, 6.45) is 2.64. The number of sulfonamides is 1. The molecule has 0 aromatic heterocycles. The Labute approximate surface area is 227 Å². The molecule has 0 unspecified atom stereocenters. The second kappa shape index (κ2) is 11.7. The summed E-state index contributed by atoms with van der Waals surface area (Å²) in [5.74, 6) is 0.0390. The minimum absolute atomic E-state index is 0. The molecule has 1 amide bonds. The minimum Gasteiger partial charge on any atom is -0.538 e. The predicted octanol–water partition coefficient (Wildman–Crippen LogP) is 1.40. The van der Waals surface area contributed by atoms with E-state index in [1.807, 2.05) is 6.07 Å². The number of nitrogens with zero attached hydrogens (tertiary/aromatic N) is 3. The minimum atomic E-state index is -4.14. The van der Waals surface area contributed by atoms with E-state index in [-0.39, 0.29) is 40.0 Å². The van der Waals surface area contributed by atoms with Crippen LogP contribution in [0.15, 0.2) is 76.8 Å². The molecule has 10 heteroatoms. The van der Waals surface area contributed by atoms with Crippen LogP contribution in [0.25, 0.3) is 4.72 Å². The first-order valence-electron chi connectivity index (χ1n) is 10.7. The van der Waals surface area contributed by atoms with Crippen molar-refractivity contribution in [2.24, 2.45) is 5.16 Å². The second-order valence-electron chi connectivity index (χ2n) is 7.62. The maximum absolute atomic E-state index is 12.4. The molecule has 1 aliphatic heterocycles. The average Bonchev–Trinajstić information content (AvgIpc) is 3.26. The van der Waals surface area contributed by atoms with Crippen molar-refractivity contribution in [3.05, 3.63) is 88.1 Å². The van der Waals surface area contributed by atoms with E-state index in [1.165, 1.54) is 66.9 Å². The van der Waals surface area contributed by atoms with E-state index >= 15 is 0 Å². The largest absolute Gasteiger partial charge is 1.00 e. The first-order chi connectivity index (χ1) is 16.4. The molecule has 35 heavy (non-hydrogen) atoms. The quantitative estimate of drug-likeness (QED) is 0.263. The standard InChI is InChI=1S/C25H25N3O5S.Na/c1-3-28-15-14-20-16-18(4-13-24(20)28)17-26-33-22-7-5-19(6-8-22)25(29)27-34(30,31)23-11-9-21(32-2)10-12-23;/h4-13,16-17H,3,14-15H2,1-2H3,(H,27,29);/q;+1/p-1/b26-17+;. The predicted molar refractivity (Wildman–Crippen MR) is 131 cm³/mol. The Bertz CT molecular complexity index is 1310. The maximum Gasteiger partial charge on any atom is 1.00 e. The van der Waals surface area contributed by atoms with Crippen molar-refractivity contribution in [1.29, 1.82) is 0 Å². The van der Waals surface area contributed by atoms with Crippen molar-refractivity contribution in [3.63, 3.8) is 0 Å². The van der Waals surface area contributed by atoms with E-state index in [1.54, 1.807) is 6.21 Å². The smallest absolute Gasteiger partial charge is 0.538 e. The summed E-state index contributed by atoms with van der Waals surface area (Å²) in [6.45, 7) is 4.16. The van der Waals surface area contributed by atoms with Crippen LogP contribution in [0.1, 0.15) is 28.4 Å². The molecule has 0 N–H and O–H groups in total. The van der Waals surface area contributed by atoms with E-state index in [0.29, 0.717) is 11.5 Å². The number of methoxy groups -OCH3 is 1. The average molecular weight is 502 g/mol. The SMILES string of the molecule is CCN1CCc2cc(/C=N/Oc3ccc(C(=O)[N-]S(=O)(=O)c4ccc(OC)cc4)cc3)ccc21.[Na+]. The maximum atomic E-state index is 12.4. The van der Waals surface area contributed by atoms with E-state index in [4.69, 9.17) is 9.57 Å². The Hall–Kier alpha value is -2.85. The first kappa shape index (κ1) is 26.7. The van der Waals surface area contributed by atoms with Gasteiger partial charge >= 0.3 is 29.6 Å². The van der Waals surface area contributed by atoms with E-state index in [2.05, 4.69) is 33.8 Å². The summed E-state index contributed by atoms with van der Waals surface area (Å²) in [6, 6.07) is 17.8. The molecule has 0 fully saturated rings. The third kappa shape index (κ3) is 6.43. The van der Waals surface area contributed by atoms with Gasteiger partial charge in [-0.2, -0.15) is 0 Å². The van der Waals surface area contributed by atoms with Gasteiger partial charge in [-0.3, -0.25) is 0 Å². The molecule has 0 spiro atoms. The molecule has 3 aromatic carbocycles. The van der Waals surface area contributed by atoms with Gasteiger partial charge in [0.15, 0.2) is 5.75 Å². The number of ether oxygens (including phenoxy) is 1. The monoisotopic (exact) mass is 501 g/mol. The Morgan fingerprint density at radius 3 is 2.40 bits per heavy atom. The van der Waals surface area contributed by atoms with E-state index in [0.717, 1.165) is 25.1 Å². The van der Waals surface area contributed by atoms with Gasteiger partial charge in [0.2, 0.25) is 0 Å². The number of benzene rings is 3. The van der Waals surface area contributed by atoms with Gasteiger partial charge in [0, 0.05) is 24.3 Å². The number of anilines is 1. The van der Waals surface area contributed by atoms with E-state index in [9.17, 15) is 13.2 Å². The summed E-state index contributed by atoms with van der Waals surface area (Å²) in [5, 5.41) is 4.01. The molecule has 0 aliphatic carbocycles. The summed E-state index contributed by atoms with van der Waals surface area (Å²) in [7, 11) is -2.66. The molecule has 1 heterocycles. The molecule has 3 aromatic rings. The van der Waals surface area contributed by atoms with Gasteiger partial charge in [-0.1, -0.05) is 11.2 Å². The van der Waals surface area contributed by atoms with Crippen LogP contribution in [0.4, 0.5) is 5.69 Å². The Morgan fingerprint density at radius 2 is 1.74 bits per heavy atom. The molecule has 1 aliphatic rings. The normalized spacial score (nSPS) is 12.7. The molecule has 4 rings (SSSR count). The van der Waals surface area contributed by atoms with Gasteiger partial charge in [0.05, 0.1) is 24.1 Å². The van der Waals surface area contributed by atoms with E-state index < -0.39 is 15.9 Å². The number of amides is 1. The number of carbonyl (C=O) groups is 1. The van der Waals surface area contributed by atoms with Crippen molar-refractivity contribution < 1.29 is 52.3 Å². The van der Waals surface area contributed by atoms with Gasteiger partial charge < -0.3 is 24.0 Å². The number of oxime groups is 1. The Morgan fingerprint density at radius 1 is 1.06 bits per heavy atom. The molecular weight excluding hydrogens is 477 g/mol. The summed E-state index contributed by atoms with van der Waals surface area (Å²) >= 11 is 0. The molecule has 0 bridgehead atoms. The van der Waals surface area contributed by atoms with Gasteiger partial charge in [-0.15, -0.1) is 0 Å². The zero-order valence-corrected chi connectivity index (χ0v) is 22.7. The summed E-state index contributed by atoms with van der Waals surface area (Å²) in [4.78, 5) is 20.0. The van der Waals surface area contributed by atoms with Gasteiger partial charge in [-0.05, 0) is 85.1 Å². The van der Waals surface area contributed by atoms with Gasteiger partial charge in [0.1, 0.15) is 15.8 Å². The third-order valence-electron chi connectivity index (χ3n) is 5.50. The van der Waals surface area contributed by atoms with Crippen LogP contribution in [0, 0.1) is 0 Å². The van der Waals surface area contributed by atoms with Crippen molar-refractivity contribution in [2.45, 2.75) is 18.2 Å². The Kier molecular flexibility index (Phi) is 8.96. The zero-order chi connectivity index (χ0) is 24.1. The molecular formula is C25H24N3NaO5S. The second-order valence-corrected chi connectivity index (χ2v) is 9.22. The van der Waals surface area contributed by atoms with Crippen LogP contribution in [0.3, 0.4) is 0 Å². The molecule has 0 radical (unpaired) electrons. The summed E-state index contributed by atoms with van der Waals surface area (Å²) in [5.41, 5.74) is 3.61.